The number of benzene rings is 1. The van der Waals surface area contributed by atoms with Crippen LogP contribution in [0.1, 0.15) is 85.1 Å². The summed E-state index contributed by atoms with van der Waals surface area (Å²) in [7, 11) is -0.466. The van der Waals surface area contributed by atoms with Crippen LogP contribution in [0.4, 0.5) is 5.69 Å². The van der Waals surface area contributed by atoms with Gasteiger partial charge in [-0.1, -0.05) is 12.1 Å². The van der Waals surface area contributed by atoms with E-state index < -0.39 is 29.2 Å². The zero-order valence-electron chi connectivity index (χ0n) is 26.0. The molecule has 8 nitrogen and oxygen atoms in total. The quantitative estimate of drug-likeness (QED) is 0.514. The number of carbonyl (C=O) groups is 2. The Kier molecular flexibility index (Phi) is 5.80. The van der Waals surface area contributed by atoms with Gasteiger partial charge in [0.15, 0.2) is 0 Å². The van der Waals surface area contributed by atoms with Crippen molar-refractivity contribution >= 4 is 30.1 Å². The maximum Gasteiger partial charge on any atom is 0.494 e. The van der Waals surface area contributed by atoms with Crippen LogP contribution in [0, 0.1) is 10.8 Å². The van der Waals surface area contributed by atoms with Crippen LogP contribution in [0.5, 0.6) is 0 Å². The zero-order valence-corrected chi connectivity index (χ0v) is 26.0. The van der Waals surface area contributed by atoms with E-state index >= 15 is 0 Å². The zero-order chi connectivity index (χ0) is 29.3. The predicted molar refractivity (Wildman–Crippen MR) is 161 cm³/mol. The standard InChI is InChI=1S/C33H46BN3O5/c1-29(2)30(3,4)42-34(41-29)22-6-7-25-26(16-22)37(24-17-23(18-24)36-13-10-32(19-36)8-9-32)28(39)33(25)11-14-35(15-12-33)27(38)31(5)20-40-21-31/h6-7,16,23-24H,8-15,17-21H2,1-5H3/t23-,24+. The SMILES string of the molecule is CC1(C(=O)N2CCC3(CC2)C(=O)N([C@H]2C[C@@H](N4CCC5(CC5)C4)C2)c2cc(B4OC(C)(C)C(C)(C)O4)ccc23)COC1. The summed E-state index contributed by atoms with van der Waals surface area (Å²) in [6.07, 6.45) is 7.56. The minimum Gasteiger partial charge on any atom is -0.399 e. The summed E-state index contributed by atoms with van der Waals surface area (Å²) in [6.45, 7) is 15.0. The topological polar surface area (TPSA) is 71.6 Å². The van der Waals surface area contributed by atoms with Crippen molar-refractivity contribution in [2.45, 2.75) is 108 Å². The Hall–Kier alpha value is -1.94. The highest BCUT2D eigenvalue weighted by molar-refractivity contribution is 6.62. The van der Waals surface area contributed by atoms with E-state index in [2.05, 4.69) is 55.7 Å². The number of fused-ring (bicyclic) bond motifs is 2. The third kappa shape index (κ3) is 3.88. The van der Waals surface area contributed by atoms with Gasteiger partial charge in [-0.15, -0.1) is 0 Å². The number of nitrogens with zero attached hydrogens (tertiary/aromatic N) is 3. The molecule has 8 rings (SSSR count). The average Bonchev–Trinajstić information content (AvgIpc) is 3.41. The Morgan fingerprint density at radius 2 is 1.55 bits per heavy atom. The van der Waals surface area contributed by atoms with Crippen LogP contribution in [0.2, 0.25) is 0 Å². The van der Waals surface area contributed by atoms with Gasteiger partial charge in [0.05, 0.1) is 35.2 Å². The number of ether oxygens (including phenoxy) is 1. The van der Waals surface area contributed by atoms with Crippen molar-refractivity contribution in [2.75, 3.05) is 44.3 Å². The summed E-state index contributed by atoms with van der Waals surface area (Å²) in [4.78, 5) is 34.7. The fraction of sp³-hybridized carbons (Fsp3) is 0.758. The van der Waals surface area contributed by atoms with E-state index in [0.717, 1.165) is 29.6 Å². The molecule has 4 saturated heterocycles. The molecule has 226 valence electrons. The van der Waals surface area contributed by atoms with Crippen molar-refractivity contribution in [3.8, 4) is 0 Å². The van der Waals surface area contributed by atoms with Gasteiger partial charge in [-0.05, 0) is 109 Å². The molecule has 1 aromatic carbocycles. The molecule has 2 spiro atoms. The molecule has 6 fully saturated rings. The summed E-state index contributed by atoms with van der Waals surface area (Å²) in [5.74, 6) is 0.403. The van der Waals surface area contributed by atoms with Crippen LogP contribution in [-0.2, 0) is 29.0 Å². The molecule has 1 aromatic rings. The smallest absolute Gasteiger partial charge is 0.399 e. The highest BCUT2D eigenvalue weighted by atomic mass is 16.7. The largest absolute Gasteiger partial charge is 0.494 e. The summed E-state index contributed by atoms with van der Waals surface area (Å²) in [5.41, 5.74) is 1.91. The first kappa shape index (κ1) is 27.6. The van der Waals surface area contributed by atoms with E-state index in [1.54, 1.807) is 0 Å². The monoisotopic (exact) mass is 575 g/mol. The van der Waals surface area contributed by atoms with Gasteiger partial charge in [0.2, 0.25) is 11.8 Å². The minimum atomic E-state index is -0.575. The van der Waals surface area contributed by atoms with Crippen LogP contribution >= 0.6 is 0 Å². The number of likely N-dealkylation sites (tertiary alicyclic amines) is 2. The molecule has 0 N–H and O–H groups in total. The fourth-order valence-electron chi connectivity index (χ4n) is 8.52. The molecule has 2 saturated carbocycles. The van der Waals surface area contributed by atoms with Crippen molar-refractivity contribution in [1.82, 2.24) is 9.80 Å². The first-order chi connectivity index (χ1) is 19.9. The lowest BCUT2D eigenvalue weighted by Gasteiger charge is -2.47. The van der Waals surface area contributed by atoms with Gasteiger partial charge in [0.25, 0.3) is 0 Å². The molecule has 42 heavy (non-hydrogen) atoms. The molecule has 5 aliphatic heterocycles. The third-order valence-corrected chi connectivity index (χ3v) is 12.6. The van der Waals surface area contributed by atoms with Gasteiger partial charge in [-0.2, -0.15) is 0 Å². The number of hydrogen-bond acceptors (Lipinski definition) is 6. The van der Waals surface area contributed by atoms with Crippen LogP contribution < -0.4 is 10.4 Å². The second-order valence-electron chi connectivity index (χ2n) is 16.0. The first-order valence-electron chi connectivity index (χ1n) is 16.3. The average molecular weight is 576 g/mol. The maximum absolute atomic E-state index is 14.6. The Morgan fingerprint density at radius 3 is 2.12 bits per heavy atom. The van der Waals surface area contributed by atoms with Gasteiger partial charge in [-0.3, -0.25) is 14.5 Å². The van der Waals surface area contributed by atoms with E-state index in [-0.39, 0.29) is 17.9 Å². The lowest BCUT2D eigenvalue weighted by Crippen LogP contribution is -2.59. The molecule has 0 atom stereocenters. The first-order valence-corrected chi connectivity index (χ1v) is 16.3. The van der Waals surface area contributed by atoms with E-state index in [9.17, 15) is 9.59 Å². The van der Waals surface area contributed by atoms with Crippen LogP contribution in [-0.4, -0.2) is 91.4 Å². The van der Waals surface area contributed by atoms with Gasteiger partial charge >= 0.3 is 7.12 Å². The van der Waals surface area contributed by atoms with Crippen LogP contribution in [0.3, 0.4) is 0 Å². The number of rotatable bonds is 4. The van der Waals surface area contributed by atoms with E-state index in [4.69, 9.17) is 14.0 Å². The predicted octanol–water partition coefficient (Wildman–Crippen LogP) is 3.25. The van der Waals surface area contributed by atoms with Gasteiger partial charge in [-0.25, -0.2) is 0 Å². The Balaban J connectivity index is 1.07. The van der Waals surface area contributed by atoms with Crippen molar-refractivity contribution in [1.29, 1.82) is 0 Å². The summed E-state index contributed by atoms with van der Waals surface area (Å²) < 4.78 is 18.2. The molecule has 2 amide bonds. The molecule has 5 heterocycles. The van der Waals surface area contributed by atoms with E-state index in [1.165, 1.54) is 32.4 Å². The minimum absolute atomic E-state index is 0.170. The molecule has 0 unspecified atom stereocenters. The molecule has 9 heteroatoms. The van der Waals surface area contributed by atoms with Crippen molar-refractivity contribution < 1.29 is 23.6 Å². The molecule has 0 radical (unpaired) electrons. The van der Waals surface area contributed by atoms with Crippen molar-refractivity contribution in [2.24, 2.45) is 10.8 Å². The van der Waals surface area contributed by atoms with Crippen molar-refractivity contribution in [3.05, 3.63) is 23.8 Å². The maximum atomic E-state index is 14.6. The summed E-state index contributed by atoms with van der Waals surface area (Å²) in [6, 6.07) is 7.25. The van der Waals surface area contributed by atoms with E-state index in [1.807, 2.05) is 11.8 Å². The Bertz CT molecular complexity index is 1310. The molecule has 7 aliphatic rings. The van der Waals surface area contributed by atoms with Crippen LogP contribution in [0.15, 0.2) is 18.2 Å². The Morgan fingerprint density at radius 1 is 0.881 bits per heavy atom. The molecule has 0 aromatic heterocycles. The summed E-state index contributed by atoms with van der Waals surface area (Å²) >= 11 is 0. The molecular weight excluding hydrogens is 529 g/mol. The second kappa shape index (κ2) is 8.83. The second-order valence-corrected chi connectivity index (χ2v) is 16.0. The fourth-order valence-corrected chi connectivity index (χ4v) is 8.52. The normalized spacial score (nSPS) is 33.2. The van der Waals surface area contributed by atoms with Gasteiger partial charge < -0.3 is 23.8 Å². The number of piperidine rings is 1. The van der Waals surface area contributed by atoms with E-state index in [0.29, 0.717) is 50.6 Å². The number of anilines is 1. The molecule has 2 aliphatic carbocycles. The number of amides is 2. The summed E-state index contributed by atoms with van der Waals surface area (Å²) in [5, 5.41) is 0. The van der Waals surface area contributed by atoms with Crippen molar-refractivity contribution in [3.63, 3.8) is 0 Å². The van der Waals surface area contributed by atoms with Gasteiger partial charge in [0.1, 0.15) is 0 Å². The van der Waals surface area contributed by atoms with Gasteiger partial charge in [0, 0.05) is 37.4 Å². The Labute approximate surface area is 250 Å². The van der Waals surface area contributed by atoms with Crippen LogP contribution in [0.25, 0.3) is 0 Å². The number of hydrogen-bond donors (Lipinski definition) is 0. The lowest BCUT2D eigenvalue weighted by molar-refractivity contribution is -0.170. The molecule has 0 bridgehead atoms. The lowest BCUT2D eigenvalue weighted by atomic mass is 9.71. The highest BCUT2D eigenvalue weighted by Gasteiger charge is 2.59. The highest BCUT2D eigenvalue weighted by Crippen LogP contribution is 2.55. The number of carbonyl (C=O) groups excluding carboxylic acids is 2. The third-order valence-electron chi connectivity index (χ3n) is 12.6. The molecular formula is C33H46BN3O5.